The van der Waals surface area contributed by atoms with Crippen LogP contribution < -0.4 is 21.7 Å². The summed E-state index contributed by atoms with van der Waals surface area (Å²) < 4.78 is 0. The molecular weight excluding hydrogens is 368 g/mol. The van der Waals surface area contributed by atoms with E-state index in [9.17, 15) is 24.3 Å². The number of aliphatic carboxylic acids is 1. The Morgan fingerprint density at radius 1 is 0.857 bits per heavy atom. The van der Waals surface area contributed by atoms with Crippen LogP contribution in [0.3, 0.4) is 0 Å². The molecule has 0 fully saturated rings. The third-order valence-corrected chi connectivity index (χ3v) is 3.88. The van der Waals surface area contributed by atoms with E-state index in [1.807, 2.05) is 27.7 Å². The van der Waals surface area contributed by atoms with Crippen LogP contribution in [0.5, 0.6) is 0 Å². The lowest BCUT2D eigenvalue weighted by Crippen LogP contribution is -2.59. The number of rotatable bonds is 12. The molecule has 0 unspecified atom stereocenters. The molecule has 4 atom stereocenters. The van der Waals surface area contributed by atoms with Crippen molar-refractivity contribution in [2.24, 2.45) is 17.6 Å². The van der Waals surface area contributed by atoms with E-state index in [0.29, 0.717) is 12.8 Å². The molecular formula is C18H34N4O6. The minimum absolute atomic E-state index is 0.0585. The molecule has 0 rings (SSSR count). The number of aliphatic hydroxyl groups excluding tert-OH is 1. The normalized spacial score (nSPS) is 15.5. The average Bonchev–Trinajstić information content (AvgIpc) is 2.55. The molecule has 10 nitrogen and oxygen atoms in total. The first-order valence-corrected chi connectivity index (χ1v) is 9.39. The Morgan fingerprint density at radius 2 is 1.39 bits per heavy atom. The summed E-state index contributed by atoms with van der Waals surface area (Å²) in [6.45, 7) is 8.23. The molecule has 0 aromatic carbocycles. The van der Waals surface area contributed by atoms with E-state index in [1.165, 1.54) is 6.92 Å². The Balaban J connectivity index is 5.17. The van der Waals surface area contributed by atoms with Gasteiger partial charge in [0.05, 0.1) is 12.1 Å². The Labute approximate surface area is 165 Å². The van der Waals surface area contributed by atoms with Crippen molar-refractivity contribution in [3.8, 4) is 0 Å². The zero-order valence-electron chi connectivity index (χ0n) is 17.2. The maximum absolute atomic E-state index is 12.6. The molecule has 0 saturated heterocycles. The maximum atomic E-state index is 12.6. The van der Waals surface area contributed by atoms with Crippen molar-refractivity contribution < 1.29 is 29.4 Å². The molecule has 0 radical (unpaired) electrons. The van der Waals surface area contributed by atoms with Gasteiger partial charge in [0.15, 0.2) is 0 Å². The Bertz CT molecular complexity index is 550. The summed E-state index contributed by atoms with van der Waals surface area (Å²) >= 11 is 0. The van der Waals surface area contributed by atoms with Gasteiger partial charge in [-0.2, -0.15) is 0 Å². The lowest BCUT2D eigenvalue weighted by atomic mass is 10.00. The largest absolute Gasteiger partial charge is 0.480 e. The molecule has 7 N–H and O–H groups in total. The zero-order chi connectivity index (χ0) is 22.0. The Kier molecular flexibility index (Phi) is 11.3. The van der Waals surface area contributed by atoms with Gasteiger partial charge >= 0.3 is 5.97 Å². The number of hydrogen-bond donors (Lipinski definition) is 6. The van der Waals surface area contributed by atoms with Crippen LogP contribution in [-0.4, -0.2) is 64.7 Å². The van der Waals surface area contributed by atoms with Gasteiger partial charge in [-0.3, -0.25) is 19.2 Å². The van der Waals surface area contributed by atoms with Gasteiger partial charge in [-0.1, -0.05) is 27.7 Å². The third-order valence-electron chi connectivity index (χ3n) is 3.88. The summed E-state index contributed by atoms with van der Waals surface area (Å²) in [5.41, 5.74) is 5.86. The number of carbonyl (C=O) groups excluding carboxylic acids is 3. The van der Waals surface area contributed by atoms with Gasteiger partial charge in [0.1, 0.15) is 18.6 Å². The second-order valence-electron chi connectivity index (χ2n) is 7.77. The summed E-state index contributed by atoms with van der Waals surface area (Å²) in [6, 6.07) is -3.07. The number of hydrogen-bond acceptors (Lipinski definition) is 6. The highest BCUT2D eigenvalue weighted by Gasteiger charge is 2.31. The fourth-order valence-corrected chi connectivity index (χ4v) is 2.53. The highest BCUT2D eigenvalue weighted by Crippen LogP contribution is 2.08. The quantitative estimate of drug-likeness (QED) is 0.242. The van der Waals surface area contributed by atoms with Crippen LogP contribution in [0.15, 0.2) is 0 Å². The summed E-state index contributed by atoms with van der Waals surface area (Å²) in [7, 11) is 0. The fraction of sp³-hybridized carbons (Fsp3) is 0.778. The van der Waals surface area contributed by atoms with Gasteiger partial charge in [0, 0.05) is 0 Å². The highest BCUT2D eigenvalue weighted by molar-refractivity contribution is 5.93. The molecule has 0 aliphatic rings. The van der Waals surface area contributed by atoms with E-state index >= 15 is 0 Å². The monoisotopic (exact) mass is 402 g/mol. The van der Waals surface area contributed by atoms with E-state index in [-0.39, 0.29) is 11.8 Å². The molecule has 0 aromatic heterocycles. The lowest BCUT2D eigenvalue weighted by Gasteiger charge is -2.26. The van der Waals surface area contributed by atoms with Crippen molar-refractivity contribution >= 4 is 23.7 Å². The predicted molar refractivity (Wildman–Crippen MR) is 103 cm³/mol. The van der Waals surface area contributed by atoms with Crippen LogP contribution in [0.25, 0.3) is 0 Å². The number of carboxylic acids is 1. The highest BCUT2D eigenvalue weighted by atomic mass is 16.4. The van der Waals surface area contributed by atoms with E-state index in [0.717, 1.165) is 0 Å². The van der Waals surface area contributed by atoms with Crippen molar-refractivity contribution in [3.05, 3.63) is 0 Å². The van der Waals surface area contributed by atoms with Gasteiger partial charge in [-0.25, -0.2) is 0 Å². The summed E-state index contributed by atoms with van der Waals surface area (Å²) in [5, 5.41) is 25.5. The number of carbonyl (C=O) groups is 4. The SMILES string of the molecule is CC(C)C[C@H](NC(=O)[C@@H](N)CC(C)C)C(=O)N[C@H](C(=O)NCC(=O)O)[C@@H](C)O. The van der Waals surface area contributed by atoms with E-state index in [1.54, 1.807) is 0 Å². The zero-order valence-corrected chi connectivity index (χ0v) is 17.2. The van der Waals surface area contributed by atoms with Crippen molar-refractivity contribution in [1.82, 2.24) is 16.0 Å². The minimum atomic E-state index is -1.36. The second kappa shape index (κ2) is 12.3. The van der Waals surface area contributed by atoms with E-state index in [4.69, 9.17) is 10.8 Å². The summed E-state index contributed by atoms with van der Waals surface area (Å²) in [5.74, 6) is -2.96. The number of amides is 3. The van der Waals surface area contributed by atoms with Gasteiger partial charge in [0.25, 0.3) is 0 Å². The number of carboxylic acid groups (broad SMARTS) is 1. The van der Waals surface area contributed by atoms with E-state index in [2.05, 4.69) is 16.0 Å². The fourth-order valence-electron chi connectivity index (χ4n) is 2.53. The molecule has 0 spiro atoms. The molecule has 0 aliphatic heterocycles. The smallest absolute Gasteiger partial charge is 0.322 e. The number of nitrogens with two attached hydrogens (primary N) is 1. The molecule has 3 amide bonds. The maximum Gasteiger partial charge on any atom is 0.322 e. The third kappa shape index (κ3) is 10.2. The van der Waals surface area contributed by atoms with Crippen LogP contribution >= 0.6 is 0 Å². The van der Waals surface area contributed by atoms with Crippen molar-refractivity contribution in [2.45, 2.75) is 71.7 Å². The molecule has 0 aromatic rings. The standard InChI is InChI=1S/C18H34N4O6/c1-9(2)6-12(19)16(26)21-13(7-10(3)4)17(27)22-15(11(5)23)18(28)20-8-14(24)25/h9-13,15,23H,6-8,19H2,1-5H3,(H,20,28)(H,21,26)(H,22,27)(H,24,25)/t11-,12+,13+,15+/m1/s1. The van der Waals surface area contributed by atoms with Gasteiger partial charge in [-0.15, -0.1) is 0 Å². The topological polar surface area (TPSA) is 171 Å². The lowest BCUT2D eigenvalue weighted by molar-refractivity contribution is -0.139. The Morgan fingerprint density at radius 3 is 1.82 bits per heavy atom. The predicted octanol–water partition coefficient (Wildman–Crippen LogP) is -1.04. The molecule has 0 bridgehead atoms. The van der Waals surface area contributed by atoms with E-state index < -0.39 is 54.5 Å². The summed E-state index contributed by atoms with van der Waals surface area (Å²) in [4.78, 5) is 47.6. The molecule has 0 saturated carbocycles. The van der Waals surface area contributed by atoms with Crippen LogP contribution in [0.4, 0.5) is 0 Å². The molecule has 10 heteroatoms. The molecule has 28 heavy (non-hydrogen) atoms. The second-order valence-corrected chi connectivity index (χ2v) is 7.77. The molecule has 0 heterocycles. The van der Waals surface area contributed by atoms with Crippen molar-refractivity contribution in [3.63, 3.8) is 0 Å². The number of aliphatic hydroxyl groups is 1. The minimum Gasteiger partial charge on any atom is -0.480 e. The van der Waals surface area contributed by atoms with Gasteiger partial charge < -0.3 is 31.9 Å². The first-order chi connectivity index (χ1) is 12.8. The van der Waals surface area contributed by atoms with Gasteiger partial charge in [0.2, 0.25) is 17.7 Å². The van der Waals surface area contributed by atoms with Crippen LogP contribution in [0.2, 0.25) is 0 Å². The Hall–Kier alpha value is -2.20. The molecule has 0 aliphatic carbocycles. The van der Waals surface area contributed by atoms with Crippen LogP contribution in [-0.2, 0) is 19.2 Å². The summed E-state index contributed by atoms with van der Waals surface area (Å²) in [6.07, 6.45) is -0.512. The van der Waals surface area contributed by atoms with Crippen molar-refractivity contribution in [2.75, 3.05) is 6.54 Å². The first-order valence-electron chi connectivity index (χ1n) is 9.39. The van der Waals surface area contributed by atoms with Crippen LogP contribution in [0, 0.1) is 11.8 Å². The molecule has 162 valence electrons. The van der Waals surface area contributed by atoms with Crippen molar-refractivity contribution in [1.29, 1.82) is 0 Å². The first kappa shape index (κ1) is 25.8. The van der Waals surface area contributed by atoms with Gasteiger partial charge in [-0.05, 0) is 31.6 Å². The van der Waals surface area contributed by atoms with Crippen LogP contribution in [0.1, 0.15) is 47.5 Å². The number of nitrogens with one attached hydrogen (secondary N) is 3. The average molecular weight is 402 g/mol.